The van der Waals surface area contributed by atoms with Crippen LogP contribution in [0, 0.1) is 5.92 Å². The molecular weight excluding hydrogens is 436 g/mol. The van der Waals surface area contributed by atoms with Gasteiger partial charge in [0.05, 0.1) is 36.9 Å². The Kier molecular flexibility index (Phi) is 8.27. The van der Waals surface area contributed by atoms with E-state index in [-0.39, 0.29) is 31.5 Å². The van der Waals surface area contributed by atoms with Gasteiger partial charge in [0.1, 0.15) is 17.7 Å². The SMILES string of the molecule is CC(C)C[C@H](C(=O)Nc1ccn(C[C@@H](O)CO)n1)N1CC(Oc2ccccc2Cl)=CC1O. The molecule has 1 aliphatic rings. The molecule has 4 N–H and O–H groups in total. The molecule has 0 saturated carbocycles. The molecule has 1 aromatic carbocycles. The Morgan fingerprint density at radius 1 is 1.34 bits per heavy atom. The molecule has 32 heavy (non-hydrogen) atoms. The summed E-state index contributed by atoms with van der Waals surface area (Å²) in [5, 5.41) is 36.6. The number of carbonyl (C=O) groups is 1. The molecule has 0 saturated heterocycles. The fraction of sp³-hybridized carbons (Fsp3) is 0.455. The minimum absolute atomic E-state index is 0.110. The fourth-order valence-electron chi connectivity index (χ4n) is 3.47. The minimum Gasteiger partial charge on any atom is -0.459 e. The van der Waals surface area contributed by atoms with Crippen LogP contribution in [0.5, 0.6) is 5.75 Å². The van der Waals surface area contributed by atoms with Gasteiger partial charge in [-0.05, 0) is 30.5 Å². The van der Waals surface area contributed by atoms with Gasteiger partial charge in [0.2, 0.25) is 5.91 Å². The maximum absolute atomic E-state index is 13.1. The number of anilines is 1. The number of halogens is 1. The van der Waals surface area contributed by atoms with Crippen molar-refractivity contribution in [2.45, 2.75) is 45.2 Å². The quantitative estimate of drug-likeness (QED) is 0.423. The highest BCUT2D eigenvalue weighted by Gasteiger charge is 2.36. The molecule has 3 atom stereocenters. The normalized spacial score (nSPS) is 18.5. The van der Waals surface area contributed by atoms with Crippen LogP contribution < -0.4 is 10.1 Å². The Balaban J connectivity index is 1.68. The summed E-state index contributed by atoms with van der Waals surface area (Å²) in [6, 6.07) is 8.04. The van der Waals surface area contributed by atoms with Crippen LogP contribution in [0.1, 0.15) is 20.3 Å². The summed E-state index contributed by atoms with van der Waals surface area (Å²) >= 11 is 6.16. The second-order valence-electron chi connectivity index (χ2n) is 8.15. The first-order chi connectivity index (χ1) is 15.3. The Morgan fingerprint density at radius 2 is 2.09 bits per heavy atom. The van der Waals surface area contributed by atoms with Crippen molar-refractivity contribution in [2.75, 3.05) is 18.5 Å². The lowest BCUT2D eigenvalue weighted by Crippen LogP contribution is -2.48. The molecule has 10 heteroatoms. The van der Waals surface area contributed by atoms with Crippen LogP contribution in [0.3, 0.4) is 0 Å². The number of hydrogen-bond acceptors (Lipinski definition) is 7. The van der Waals surface area contributed by atoms with Gasteiger partial charge in [-0.15, -0.1) is 0 Å². The number of nitrogens with zero attached hydrogens (tertiary/aromatic N) is 3. The van der Waals surface area contributed by atoms with E-state index in [0.29, 0.717) is 28.8 Å². The average molecular weight is 465 g/mol. The standard InChI is InChI=1S/C22H29ClN4O5/c1-14(2)9-18(22(31)24-20-7-8-26(25-20)11-15(29)13-28)27-12-16(10-21(27)30)32-19-6-4-3-5-17(19)23/h3-8,10,14-15,18,21,28-30H,9,11-13H2,1-2H3,(H,24,25,31)/t15-,18-,21?/m1/s1. The van der Waals surface area contributed by atoms with Crippen LogP contribution in [0.2, 0.25) is 5.02 Å². The van der Waals surface area contributed by atoms with E-state index >= 15 is 0 Å². The van der Waals surface area contributed by atoms with Crippen LogP contribution in [0.4, 0.5) is 5.82 Å². The van der Waals surface area contributed by atoms with E-state index in [0.717, 1.165) is 0 Å². The molecule has 0 bridgehead atoms. The van der Waals surface area contributed by atoms with Gasteiger partial charge in [0.15, 0.2) is 5.82 Å². The molecule has 1 amide bonds. The monoisotopic (exact) mass is 464 g/mol. The highest BCUT2D eigenvalue weighted by Crippen LogP contribution is 2.29. The first-order valence-electron chi connectivity index (χ1n) is 10.5. The van der Waals surface area contributed by atoms with Gasteiger partial charge in [-0.3, -0.25) is 14.4 Å². The number of aromatic nitrogens is 2. The zero-order chi connectivity index (χ0) is 23.3. The van der Waals surface area contributed by atoms with Crippen molar-refractivity contribution in [1.29, 1.82) is 0 Å². The predicted octanol–water partition coefficient (Wildman–Crippen LogP) is 1.84. The second kappa shape index (κ2) is 10.9. The minimum atomic E-state index is -0.987. The number of nitrogens with one attached hydrogen (secondary N) is 1. The molecule has 2 heterocycles. The van der Waals surface area contributed by atoms with Crippen LogP contribution in [-0.2, 0) is 11.3 Å². The van der Waals surface area contributed by atoms with E-state index in [1.54, 1.807) is 47.5 Å². The van der Waals surface area contributed by atoms with Crippen LogP contribution >= 0.6 is 11.6 Å². The van der Waals surface area contributed by atoms with Crippen molar-refractivity contribution in [1.82, 2.24) is 14.7 Å². The Morgan fingerprint density at radius 3 is 2.78 bits per heavy atom. The lowest BCUT2D eigenvalue weighted by atomic mass is 10.0. The zero-order valence-electron chi connectivity index (χ0n) is 18.1. The number of benzene rings is 1. The molecule has 1 aromatic heterocycles. The van der Waals surface area contributed by atoms with Crippen molar-refractivity contribution >= 4 is 23.3 Å². The van der Waals surface area contributed by atoms with Gasteiger partial charge in [0, 0.05) is 12.3 Å². The van der Waals surface area contributed by atoms with E-state index in [4.69, 9.17) is 21.4 Å². The first kappa shape index (κ1) is 24.2. The lowest BCUT2D eigenvalue weighted by molar-refractivity contribution is -0.124. The summed E-state index contributed by atoms with van der Waals surface area (Å²) in [5.74, 6) is 1.20. The molecule has 0 aliphatic carbocycles. The highest BCUT2D eigenvalue weighted by molar-refractivity contribution is 6.32. The maximum Gasteiger partial charge on any atom is 0.243 e. The number of amides is 1. The van der Waals surface area contributed by atoms with E-state index in [2.05, 4.69) is 10.4 Å². The highest BCUT2D eigenvalue weighted by atomic mass is 35.5. The van der Waals surface area contributed by atoms with Crippen molar-refractivity contribution in [3.05, 3.63) is 53.4 Å². The first-order valence-corrected chi connectivity index (χ1v) is 10.8. The zero-order valence-corrected chi connectivity index (χ0v) is 18.8. The molecule has 2 aromatic rings. The summed E-state index contributed by atoms with van der Waals surface area (Å²) in [7, 11) is 0. The van der Waals surface area contributed by atoms with Crippen molar-refractivity contribution in [3.8, 4) is 5.75 Å². The van der Waals surface area contributed by atoms with E-state index in [1.165, 1.54) is 4.68 Å². The van der Waals surface area contributed by atoms with Crippen LogP contribution in [0.15, 0.2) is 48.4 Å². The molecule has 0 radical (unpaired) electrons. The third-order valence-electron chi connectivity index (χ3n) is 4.99. The van der Waals surface area contributed by atoms with Crippen molar-refractivity contribution in [2.24, 2.45) is 5.92 Å². The van der Waals surface area contributed by atoms with E-state index < -0.39 is 18.4 Å². The number of aliphatic hydroxyl groups excluding tert-OH is 3. The third-order valence-corrected chi connectivity index (χ3v) is 5.30. The van der Waals surface area contributed by atoms with E-state index in [1.807, 2.05) is 13.8 Å². The molecule has 174 valence electrons. The molecule has 0 spiro atoms. The molecule has 9 nitrogen and oxygen atoms in total. The van der Waals surface area contributed by atoms with Crippen LogP contribution in [0.25, 0.3) is 0 Å². The topological polar surface area (TPSA) is 120 Å². The fourth-order valence-corrected chi connectivity index (χ4v) is 3.64. The van der Waals surface area contributed by atoms with E-state index in [9.17, 15) is 15.0 Å². The second-order valence-corrected chi connectivity index (χ2v) is 8.55. The Bertz CT molecular complexity index is 948. The number of ether oxygens (including phenoxy) is 1. The molecule has 0 fully saturated rings. The summed E-state index contributed by atoms with van der Waals surface area (Å²) in [6.45, 7) is 3.98. The Labute approximate surface area is 191 Å². The summed E-state index contributed by atoms with van der Waals surface area (Å²) < 4.78 is 7.29. The molecule has 1 unspecified atom stereocenters. The third kappa shape index (κ3) is 6.30. The summed E-state index contributed by atoms with van der Waals surface area (Å²) in [4.78, 5) is 14.8. The van der Waals surface area contributed by atoms with Crippen LogP contribution in [-0.4, -0.2) is 67.4 Å². The van der Waals surface area contributed by atoms with Gasteiger partial charge < -0.3 is 25.4 Å². The molecular formula is C22H29ClN4O5. The van der Waals surface area contributed by atoms with Gasteiger partial charge >= 0.3 is 0 Å². The van der Waals surface area contributed by atoms with Gasteiger partial charge in [-0.2, -0.15) is 5.10 Å². The summed E-state index contributed by atoms with van der Waals surface area (Å²) in [6.07, 6.45) is 1.76. The van der Waals surface area contributed by atoms with Gasteiger partial charge in [-0.1, -0.05) is 37.6 Å². The largest absolute Gasteiger partial charge is 0.459 e. The van der Waals surface area contributed by atoms with Crippen molar-refractivity contribution in [3.63, 3.8) is 0 Å². The van der Waals surface area contributed by atoms with Gasteiger partial charge in [-0.25, -0.2) is 0 Å². The number of carbonyl (C=O) groups excluding carboxylic acids is 1. The van der Waals surface area contributed by atoms with Gasteiger partial charge in [0.25, 0.3) is 0 Å². The van der Waals surface area contributed by atoms with Crippen molar-refractivity contribution < 1.29 is 24.9 Å². The maximum atomic E-state index is 13.1. The number of rotatable bonds is 10. The predicted molar refractivity (Wildman–Crippen MR) is 120 cm³/mol. The smallest absolute Gasteiger partial charge is 0.243 e. The summed E-state index contributed by atoms with van der Waals surface area (Å²) in [5.41, 5.74) is 0. The molecule has 1 aliphatic heterocycles. The average Bonchev–Trinajstić information content (AvgIpc) is 3.33. The lowest BCUT2D eigenvalue weighted by Gasteiger charge is -2.30. The number of hydrogen-bond donors (Lipinski definition) is 4. The number of aliphatic hydroxyl groups is 3. The molecule has 3 rings (SSSR count). The Hall–Kier alpha value is -2.43. The number of para-hydroxylation sites is 1.